The second-order valence-electron chi connectivity index (χ2n) is 5.06. The minimum absolute atomic E-state index is 0.0478. The highest BCUT2D eigenvalue weighted by atomic mass is 35.5. The Kier molecular flexibility index (Phi) is 5.08. The van der Waals surface area contributed by atoms with E-state index in [1.54, 1.807) is 24.3 Å². The molecule has 5 nitrogen and oxygen atoms in total. The summed E-state index contributed by atoms with van der Waals surface area (Å²) >= 11 is 12.2. The number of phenolic OH excluding ortho intramolecular Hbond substituents is 1. The van der Waals surface area contributed by atoms with Crippen LogP contribution in [0.4, 0.5) is 0 Å². The van der Waals surface area contributed by atoms with Crippen molar-refractivity contribution in [3.8, 4) is 5.75 Å². The molecule has 126 valence electrons. The number of halogens is 1. The maximum absolute atomic E-state index is 12.5. The Balaban J connectivity index is 1.77. The van der Waals surface area contributed by atoms with Crippen molar-refractivity contribution in [3.05, 3.63) is 69.6 Å². The number of carbonyl (C=O) groups excluding carboxylic acids is 2. The molecule has 2 N–H and O–H groups in total. The van der Waals surface area contributed by atoms with E-state index < -0.39 is 11.8 Å². The molecule has 0 aromatic heterocycles. The number of thioether (sulfide) groups is 1. The van der Waals surface area contributed by atoms with Crippen LogP contribution in [0.2, 0.25) is 5.02 Å². The first-order valence-electron chi connectivity index (χ1n) is 7.07. The Bertz CT molecular complexity index is 897. The SMILES string of the molecule is O=C(NN1C(=O)/C(=C/c2cccc(Cl)c2)SC1=S)c1ccc(O)cc1. The second-order valence-corrected chi connectivity index (χ2v) is 7.17. The van der Waals surface area contributed by atoms with Crippen molar-refractivity contribution < 1.29 is 14.7 Å². The molecule has 1 saturated heterocycles. The van der Waals surface area contributed by atoms with Crippen LogP contribution in [0.5, 0.6) is 5.75 Å². The van der Waals surface area contributed by atoms with Crippen molar-refractivity contribution in [3.63, 3.8) is 0 Å². The highest BCUT2D eigenvalue weighted by Crippen LogP contribution is 2.31. The number of hydrazine groups is 1. The van der Waals surface area contributed by atoms with Gasteiger partial charge in [0, 0.05) is 10.6 Å². The zero-order chi connectivity index (χ0) is 18.0. The molecule has 0 saturated carbocycles. The highest BCUT2D eigenvalue weighted by molar-refractivity contribution is 8.26. The van der Waals surface area contributed by atoms with E-state index in [2.05, 4.69) is 5.43 Å². The fourth-order valence-corrected chi connectivity index (χ4v) is 3.47. The van der Waals surface area contributed by atoms with Gasteiger partial charge in [-0.05, 0) is 60.3 Å². The average Bonchev–Trinajstić information content (AvgIpc) is 2.83. The zero-order valence-corrected chi connectivity index (χ0v) is 15.0. The minimum atomic E-state index is -0.500. The van der Waals surface area contributed by atoms with E-state index in [0.717, 1.165) is 22.3 Å². The van der Waals surface area contributed by atoms with E-state index in [9.17, 15) is 14.7 Å². The van der Waals surface area contributed by atoms with E-state index >= 15 is 0 Å². The lowest BCUT2D eigenvalue weighted by Crippen LogP contribution is -2.44. The number of nitrogens with one attached hydrogen (secondary N) is 1. The molecule has 1 fully saturated rings. The molecule has 0 atom stereocenters. The summed E-state index contributed by atoms with van der Waals surface area (Å²) in [6.07, 6.45) is 1.66. The van der Waals surface area contributed by atoms with Gasteiger partial charge < -0.3 is 5.11 Å². The molecule has 0 radical (unpaired) electrons. The third-order valence-corrected chi connectivity index (χ3v) is 4.82. The van der Waals surface area contributed by atoms with Gasteiger partial charge in [-0.2, -0.15) is 5.01 Å². The average molecular weight is 391 g/mol. The fourth-order valence-electron chi connectivity index (χ4n) is 2.09. The first kappa shape index (κ1) is 17.5. The molecule has 1 aliphatic rings. The second kappa shape index (κ2) is 7.26. The van der Waals surface area contributed by atoms with Crippen molar-refractivity contribution in [2.75, 3.05) is 0 Å². The van der Waals surface area contributed by atoms with Crippen molar-refractivity contribution in [1.29, 1.82) is 0 Å². The van der Waals surface area contributed by atoms with Gasteiger partial charge >= 0.3 is 0 Å². The van der Waals surface area contributed by atoms with Crippen LogP contribution in [0, 0.1) is 0 Å². The zero-order valence-electron chi connectivity index (χ0n) is 12.6. The number of rotatable bonds is 3. The summed E-state index contributed by atoms with van der Waals surface area (Å²) < 4.78 is 0.227. The lowest BCUT2D eigenvalue weighted by Gasteiger charge is -2.15. The summed E-state index contributed by atoms with van der Waals surface area (Å²) in [5.41, 5.74) is 3.53. The maximum atomic E-state index is 12.5. The molecule has 2 aromatic carbocycles. The largest absolute Gasteiger partial charge is 0.508 e. The third kappa shape index (κ3) is 4.01. The van der Waals surface area contributed by atoms with E-state index in [1.165, 1.54) is 24.3 Å². The highest BCUT2D eigenvalue weighted by Gasteiger charge is 2.33. The van der Waals surface area contributed by atoms with Crippen LogP contribution in [-0.2, 0) is 4.79 Å². The summed E-state index contributed by atoms with van der Waals surface area (Å²) in [5.74, 6) is -0.867. The van der Waals surface area contributed by atoms with Gasteiger partial charge in [-0.25, -0.2) is 0 Å². The van der Waals surface area contributed by atoms with Crippen molar-refractivity contribution in [1.82, 2.24) is 10.4 Å². The molecule has 8 heteroatoms. The monoisotopic (exact) mass is 390 g/mol. The number of benzene rings is 2. The number of phenols is 1. The molecule has 1 heterocycles. The predicted molar refractivity (Wildman–Crippen MR) is 102 cm³/mol. The Morgan fingerprint density at radius 3 is 2.64 bits per heavy atom. The summed E-state index contributed by atoms with van der Waals surface area (Å²) in [6.45, 7) is 0. The Morgan fingerprint density at radius 2 is 1.96 bits per heavy atom. The van der Waals surface area contributed by atoms with E-state index in [4.69, 9.17) is 23.8 Å². The molecular weight excluding hydrogens is 380 g/mol. The van der Waals surface area contributed by atoms with Gasteiger partial charge in [-0.3, -0.25) is 15.0 Å². The third-order valence-electron chi connectivity index (χ3n) is 3.28. The lowest BCUT2D eigenvalue weighted by atomic mass is 10.2. The van der Waals surface area contributed by atoms with Crippen LogP contribution in [0.1, 0.15) is 15.9 Å². The molecule has 0 bridgehead atoms. The lowest BCUT2D eigenvalue weighted by molar-refractivity contribution is -0.123. The Labute approximate surface area is 158 Å². The molecule has 0 unspecified atom stereocenters. The molecule has 0 spiro atoms. The first-order chi connectivity index (χ1) is 11.9. The maximum Gasteiger partial charge on any atom is 0.285 e. The molecule has 2 amide bonds. The van der Waals surface area contributed by atoms with Crippen LogP contribution >= 0.6 is 35.6 Å². The normalized spacial score (nSPS) is 15.7. The number of hydrogen-bond acceptors (Lipinski definition) is 5. The van der Waals surface area contributed by atoms with Crippen LogP contribution in [-0.4, -0.2) is 26.3 Å². The summed E-state index contributed by atoms with van der Waals surface area (Å²) in [5, 5.41) is 10.9. The minimum Gasteiger partial charge on any atom is -0.508 e. The smallest absolute Gasteiger partial charge is 0.285 e. The standard InChI is InChI=1S/C17H11ClN2O3S2/c18-12-3-1-2-10(8-12)9-14-16(23)20(17(24)25-14)19-15(22)11-4-6-13(21)7-5-11/h1-9,21H,(H,19,22)/b14-9-. The molecule has 3 rings (SSSR count). The van der Waals surface area contributed by atoms with Gasteiger partial charge in [0.25, 0.3) is 11.8 Å². The Morgan fingerprint density at radius 1 is 1.24 bits per heavy atom. The number of amides is 2. The molecule has 2 aromatic rings. The van der Waals surface area contributed by atoms with Crippen molar-refractivity contribution >= 4 is 57.8 Å². The van der Waals surface area contributed by atoms with E-state index in [1.807, 2.05) is 6.07 Å². The number of thiocarbonyl (C=S) groups is 1. The van der Waals surface area contributed by atoms with Gasteiger partial charge in [0.15, 0.2) is 4.32 Å². The van der Waals surface area contributed by atoms with Gasteiger partial charge in [0.1, 0.15) is 5.75 Å². The molecule has 1 aliphatic heterocycles. The molecular formula is C17H11ClN2O3S2. The van der Waals surface area contributed by atoms with Crippen LogP contribution in [0.25, 0.3) is 6.08 Å². The summed E-state index contributed by atoms with van der Waals surface area (Å²) in [7, 11) is 0. The van der Waals surface area contributed by atoms with Gasteiger partial charge in [0.2, 0.25) is 0 Å². The number of nitrogens with zero attached hydrogens (tertiary/aromatic N) is 1. The van der Waals surface area contributed by atoms with Gasteiger partial charge in [-0.15, -0.1) is 0 Å². The number of aromatic hydroxyl groups is 1. The van der Waals surface area contributed by atoms with Crippen LogP contribution in [0.15, 0.2) is 53.4 Å². The van der Waals surface area contributed by atoms with E-state index in [0.29, 0.717) is 15.5 Å². The topological polar surface area (TPSA) is 69.6 Å². The van der Waals surface area contributed by atoms with Crippen LogP contribution < -0.4 is 5.43 Å². The molecule has 25 heavy (non-hydrogen) atoms. The number of hydrogen-bond donors (Lipinski definition) is 2. The van der Waals surface area contributed by atoms with Gasteiger partial charge in [0.05, 0.1) is 4.91 Å². The molecule has 0 aliphatic carbocycles. The van der Waals surface area contributed by atoms with Crippen LogP contribution in [0.3, 0.4) is 0 Å². The first-order valence-corrected chi connectivity index (χ1v) is 8.68. The fraction of sp³-hybridized carbons (Fsp3) is 0. The summed E-state index contributed by atoms with van der Waals surface area (Å²) in [6, 6.07) is 12.7. The summed E-state index contributed by atoms with van der Waals surface area (Å²) in [4.78, 5) is 25.1. The predicted octanol–water partition coefficient (Wildman–Crippen LogP) is 3.59. The van der Waals surface area contributed by atoms with Crippen molar-refractivity contribution in [2.45, 2.75) is 0 Å². The Hall–Kier alpha value is -2.35. The quantitative estimate of drug-likeness (QED) is 0.619. The van der Waals surface area contributed by atoms with E-state index in [-0.39, 0.29) is 10.1 Å². The van der Waals surface area contributed by atoms with Crippen molar-refractivity contribution in [2.24, 2.45) is 0 Å². The van der Waals surface area contributed by atoms with Gasteiger partial charge in [-0.1, -0.05) is 35.5 Å². The number of carbonyl (C=O) groups is 2.